The predicted octanol–water partition coefficient (Wildman–Crippen LogP) is 15.4. The molecule has 0 aromatic carbocycles. The molecule has 0 radical (unpaired) electrons. The summed E-state index contributed by atoms with van der Waals surface area (Å²) in [7, 11) is 1.80. The summed E-state index contributed by atoms with van der Waals surface area (Å²) in [5.41, 5.74) is 0. The minimum Gasteiger partial charge on any atom is -0.466 e. The molecule has 5 nitrogen and oxygen atoms in total. The Labute approximate surface area is 345 Å². The molecule has 5 heteroatoms. The number of ether oxygens (including phenoxy) is 2. The highest BCUT2D eigenvalue weighted by Gasteiger charge is 2.13. The number of methoxy groups -OCH3 is 1. The van der Waals surface area contributed by atoms with Gasteiger partial charge in [-0.3, -0.25) is 9.59 Å². The van der Waals surface area contributed by atoms with E-state index in [1.54, 1.807) is 7.11 Å². The van der Waals surface area contributed by atoms with E-state index in [1.807, 2.05) is 0 Å². The Balaban J connectivity index is 4.04. The first-order chi connectivity index (χ1) is 27.0. The Morgan fingerprint density at radius 3 is 1.25 bits per heavy atom. The van der Waals surface area contributed by atoms with Crippen molar-refractivity contribution in [3.63, 3.8) is 0 Å². The fraction of sp³-hybridized carbons (Fsp3) is 0.960. The second-order valence-corrected chi connectivity index (χ2v) is 17.4. The van der Waals surface area contributed by atoms with E-state index in [9.17, 15) is 9.59 Å². The average molecular weight is 778 g/mol. The van der Waals surface area contributed by atoms with Crippen molar-refractivity contribution in [2.45, 2.75) is 259 Å². The van der Waals surface area contributed by atoms with Gasteiger partial charge in [0.25, 0.3) is 0 Å². The first kappa shape index (κ1) is 54.1. The summed E-state index contributed by atoms with van der Waals surface area (Å²) < 4.78 is 11.1. The van der Waals surface area contributed by atoms with Crippen LogP contribution in [0, 0.1) is 11.8 Å². The lowest BCUT2D eigenvalue weighted by Crippen LogP contribution is -2.29. The number of hydrogen-bond donors (Lipinski definition) is 0. The molecule has 0 aromatic heterocycles. The van der Waals surface area contributed by atoms with Gasteiger partial charge in [-0.1, -0.05) is 201 Å². The number of unbranched alkanes of at least 4 members (excludes halogenated alkanes) is 20. The predicted molar refractivity (Wildman–Crippen MR) is 240 cm³/mol. The number of Topliss-reactive ketones (excluding diaryl/α,β-unsaturated/α-hetero) is 1. The summed E-state index contributed by atoms with van der Waals surface area (Å²) in [4.78, 5) is 27.6. The smallest absolute Gasteiger partial charge is 0.305 e. The van der Waals surface area contributed by atoms with E-state index < -0.39 is 0 Å². The molecule has 0 fully saturated rings. The van der Waals surface area contributed by atoms with Crippen LogP contribution < -0.4 is 0 Å². The van der Waals surface area contributed by atoms with Crippen LogP contribution in [0.2, 0.25) is 0 Å². The van der Waals surface area contributed by atoms with Gasteiger partial charge in [0.1, 0.15) is 5.78 Å². The lowest BCUT2D eigenvalue weighted by molar-refractivity contribution is -0.144. The van der Waals surface area contributed by atoms with Gasteiger partial charge >= 0.3 is 5.97 Å². The van der Waals surface area contributed by atoms with Crippen LogP contribution in [0.15, 0.2) is 0 Å². The van der Waals surface area contributed by atoms with Gasteiger partial charge < -0.3 is 14.4 Å². The molecule has 0 rings (SSSR count). The molecule has 0 aliphatic heterocycles. The number of nitrogens with zero attached hydrogens (tertiary/aromatic N) is 1. The Morgan fingerprint density at radius 1 is 0.400 bits per heavy atom. The molecule has 0 unspecified atom stereocenters. The summed E-state index contributed by atoms with van der Waals surface area (Å²) in [5.74, 6) is 2.07. The van der Waals surface area contributed by atoms with Crippen molar-refractivity contribution in [1.82, 2.24) is 4.90 Å². The summed E-state index contributed by atoms with van der Waals surface area (Å²) >= 11 is 0. The molecular formula is C50H99NO4. The van der Waals surface area contributed by atoms with Crippen LogP contribution >= 0.6 is 0 Å². The number of carbonyl (C=O) groups excluding carboxylic acids is 2. The second kappa shape index (κ2) is 44.2. The molecule has 0 aromatic rings. The number of rotatable bonds is 46. The molecule has 0 saturated carbocycles. The lowest BCUT2D eigenvalue weighted by Gasteiger charge is -2.22. The van der Waals surface area contributed by atoms with E-state index in [0.29, 0.717) is 18.8 Å². The van der Waals surface area contributed by atoms with E-state index in [-0.39, 0.29) is 5.97 Å². The standard InChI is InChI=1S/C50H99NO4/c1-6-10-14-24-33-47(34-25-15-11-7-2)37-32-39-49(52)38-28-20-18-22-30-42-51(44-46-54-5)43-31-23-19-21-29-40-50(53)55-45-41-48(35-26-16-12-8-3)36-27-17-13-9-4/h47-48H,6-46H2,1-5H3. The third-order valence-electron chi connectivity index (χ3n) is 12.1. The van der Waals surface area contributed by atoms with Crippen LogP contribution in [0.4, 0.5) is 0 Å². The zero-order chi connectivity index (χ0) is 40.3. The Kier molecular flexibility index (Phi) is 43.4. The van der Waals surface area contributed by atoms with Crippen LogP contribution in [0.1, 0.15) is 259 Å². The minimum atomic E-state index is 0.00773. The molecule has 0 saturated heterocycles. The fourth-order valence-electron chi connectivity index (χ4n) is 8.31. The normalized spacial score (nSPS) is 11.8. The molecule has 0 bridgehead atoms. The first-order valence-electron chi connectivity index (χ1n) is 24.9. The number of hydrogen-bond acceptors (Lipinski definition) is 5. The van der Waals surface area contributed by atoms with Crippen molar-refractivity contribution in [3.05, 3.63) is 0 Å². The highest BCUT2D eigenvalue weighted by molar-refractivity contribution is 5.78. The minimum absolute atomic E-state index is 0.00773. The maximum Gasteiger partial charge on any atom is 0.305 e. The zero-order valence-corrected chi connectivity index (χ0v) is 38.2. The third kappa shape index (κ3) is 39.7. The van der Waals surface area contributed by atoms with Crippen molar-refractivity contribution < 1.29 is 19.1 Å². The maximum absolute atomic E-state index is 12.6. The molecule has 0 atom stereocenters. The van der Waals surface area contributed by atoms with E-state index in [4.69, 9.17) is 9.47 Å². The van der Waals surface area contributed by atoms with Crippen molar-refractivity contribution in [2.75, 3.05) is 40.0 Å². The topological polar surface area (TPSA) is 55.8 Å². The molecule has 0 heterocycles. The average Bonchev–Trinajstić information content (AvgIpc) is 3.18. The number of carbonyl (C=O) groups is 2. The maximum atomic E-state index is 12.6. The van der Waals surface area contributed by atoms with Gasteiger partial charge in [-0.25, -0.2) is 0 Å². The van der Waals surface area contributed by atoms with Gasteiger partial charge in [-0.15, -0.1) is 0 Å². The number of ketones is 1. The van der Waals surface area contributed by atoms with Gasteiger partial charge in [-0.2, -0.15) is 0 Å². The van der Waals surface area contributed by atoms with Gasteiger partial charge in [0.15, 0.2) is 0 Å². The lowest BCUT2D eigenvalue weighted by atomic mass is 9.89. The quantitative estimate of drug-likeness (QED) is 0.0455. The summed E-state index contributed by atoms with van der Waals surface area (Å²) in [5, 5.41) is 0. The van der Waals surface area contributed by atoms with Crippen molar-refractivity contribution in [2.24, 2.45) is 11.8 Å². The van der Waals surface area contributed by atoms with Gasteiger partial charge in [0, 0.05) is 32.9 Å². The molecule has 0 spiro atoms. The van der Waals surface area contributed by atoms with E-state index in [1.165, 1.54) is 180 Å². The molecule has 328 valence electrons. The molecule has 0 amide bonds. The Morgan fingerprint density at radius 2 is 0.782 bits per heavy atom. The van der Waals surface area contributed by atoms with Gasteiger partial charge in [0.2, 0.25) is 0 Å². The summed E-state index contributed by atoms with van der Waals surface area (Å²) in [6, 6.07) is 0. The molecule has 0 aliphatic rings. The number of esters is 1. The van der Waals surface area contributed by atoms with Gasteiger partial charge in [0.05, 0.1) is 13.2 Å². The Bertz CT molecular complexity index is 704. The molecule has 55 heavy (non-hydrogen) atoms. The van der Waals surface area contributed by atoms with E-state index in [2.05, 4.69) is 32.6 Å². The molecule has 0 aliphatic carbocycles. The summed E-state index contributed by atoms with van der Waals surface area (Å²) in [6.07, 6.45) is 44.1. The summed E-state index contributed by atoms with van der Waals surface area (Å²) in [6.45, 7) is 13.8. The monoisotopic (exact) mass is 778 g/mol. The van der Waals surface area contributed by atoms with Crippen molar-refractivity contribution >= 4 is 11.8 Å². The van der Waals surface area contributed by atoms with Crippen LogP contribution in [0.5, 0.6) is 0 Å². The van der Waals surface area contributed by atoms with Crippen LogP contribution in [0.3, 0.4) is 0 Å². The second-order valence-electron chi connectivity index (χ2n) is 17.4. The third-order valence-corrected chi connectivity index (χ3v) is 12.1. The zero-order valence-electron chi connectivity index (χ0n) is 38.2. The fourth-order valence-corrected chi connectivity index (χ4v) is 8.31. The van der Waals surface area contributed by atoms with Crippen LogP contribution in [-0.2, 0) is 19.1 Å². The van der Waals surface area contributed by atoms with E-state index >= 15 is 0 Å². The largest absolute Gasteiger partial charge is 0.466 e. The highest BCUT2D eigenvalue weighted by Crippen LogP contribution is 2.25. The Hall–Kier alpha value is -0.940. The molecule has 0 N–H and O–H groups in total. The van der Waals surface area contributed by atoms with Crippen LogP contribution in [0.25, 0.3) is 0 Å². The van der Waals surface area contributed by atoms with Crippen molar-refractivity contribution in [1.29, 1.82) is 0 Å². The van der Waals surface area contributed by atoms with Gasteiger partial charge in [-0.05, 0) is 63.5 Å². The SMILES string of the molecule is CCCCCCC(CCCCCC)CCCC(=O)CCCCCCCN(CCCCCCCC(=O)OCCC(CCCCCC)CCCCCC)CCOC. The van der Waals surface area contributed by atoms with Crippen LogP contribution in [-0.4, -0.2) is 56.6 Å². The highest BCUT2D eigenvalue weighted by atomic mass is 16.5. The first-order valence-corrected chi connectivity index (χ1v) is 24.9. The molecular weight excluding hydrogens is 679 g/mol. The van der Waals surface area contributed by atoms with E-state index in [0.717, 1.165) is 83.0 Å². The van der Waals surface area contributed by atoms with Crippen molar-refractivity contribution in [3.8, 4) is 0 Å².